The smallest absolute Gasteiger partial charge is 0.248 e. The van der Waals surface area contributed by atoms with Crippen LogP contribution >= 0.6 is 11.6 Å². The molecule has 0 heterocycles. The zero-order chi connectivity index (χ0) is 21.4. The number of nitrogens with zero attached hydrogens (tertiary/aromatic N) is 1. The first-order valence-corrected chi connectivity index (χ1v) is 10.5. The first kappa shape index (κ1) is 23.1. The van der Waals surface area contributed by atoms with Crippen LogP contribution in [0.15, 0.2) is 18.2 Å². The molecule has 1 N–H and O–H groups in total. The summed E-state index contributed by atoms with van der Waals surface area (Å²) in [6.45, 7) is 5.18. The molecule has 0 spiro atoms. The van der Waals surface area contributed by atoms with E-state index in [9.17, 15) is 9.59 Å². The maximum Gasteiger partial charge on any atom is 0.248 e. The lowest BCUT2D eigenvalue weighted by Gasteiger charge is -2.39. The third-order valence-corrected chi connectivity index (χ3v) is 5.69. The van der Waals surface area contributed by atoms with Gasteiger partial charge in [-0.3, -0.25) is 9.59 Å². The molecule has 0 atom stereocenters. The minimum Gasteiger partial charge on any atom is -0.493 e. The van der Waals surface area contributed by atoms with E-state index in [1.54, 1.807) is 23.1 Å². The van der Waals surface area contributed by atoms with Crippen LogP contribution in [0.1, 0.15) is 51.5 Å². The first-order valence-electron chi connectivity index (χ1n) is 10.1. The third-order valence-electron chi connectivity index (χ3n) is 5.41. The highest BCUT2D eigenvalue weighted by Gasteiger charge is 2.42. The zero-order valence-corrected chi connectivity index (χ0v) is 18.5. The monoisotopic (exact) mass is 422 g/mol. The van der Waals surface area contributed by atoms with Crippen molar-refractivity contribution in [1.82, 2.24) is 10.2 Å². The predicted octanol–water partition coefficient (Wildman–Crippen LogP) is 4.06. The van der Waals surface area contributed by atoms with Crippen molar-refractivity contribution in [3.05, 3.63) is 28.8 Å². The number of hydrogen-bond acceptors (Lipinski definition) is 4. The average Bonchev–Trinajstić information content (AvgIpc) is 2.73. The van der Waals surface area contributed by atoms with Gasteiger partial charge < -0.3 is 19.7 Å². The molecule has 1 aliphatic rings. The van der Waals surface area contributed by atoms with Gasteiger partial charge >= 0.3 is 0 Å². The molecule has 1 aliphatic carbocycles. The topological polar surface area (TPSA) is 67.9 Å². The van der Waals surface area contributed by atoms with Gasteiger partial charge in [-0.2, -0.15) is 0 Å². The van der Waals surface area contributed by atoms with Crippen LogP contribution in [-0.4, -0.2) is 49.6 Å². The Kier molecular flexibility index (Phi) is 8.38. The summed E-state index contributed by atoms with van der Waals surface area (Å²) in [4.78, 5) is 27.6. The number of nitrogens with one attached hydrogen (secondary N) is 1. The van der Waals surface area contributed by atoms with Crippen molar-refractivity contribution in [3.63, 3.8) is 0 Å². The second-order valence-electron chi connectivity index (χ2n) is 7.18. The van der Waals surface area contributed by atoms with E-state index in [-0.39, 0.29) is 11.8 Å². The highest BCUT2D eigenvalue weighted by molar-refractivity contribution is 6.32. The standard InChI is InChI=1S/C22H31ClN2O4/c1-5-25(6-2)21(27)22(12-8-7-9-13-22)24-19(26)11-10-16-14-17(23)20(29-4)18(15-16)28-3/h10-11,14-15H,5-9,12-13H2,1-4H3,(H,24,26)/b11-10+. The summed E-state index contributed by atoms with van der Waals surface area (Å²) in [6, 6.07) is 3.44. The van der Waals surface area contributed by atoms with Crippen molar-refractivity contribution >= 4 is 29.5 Å². The molecule has 160 valence electrons. The Morgan fingerprint density at radius 1 is 1.14 bits per heavy atom. The molecule has 0 saturated heterocycles. The lowest BCUT2D eigenvalue weighted by atomic mass is 9.80. The highest BCUT2D eigenvalue weighted by Crippen LogP contribution is 2.36. The summed E-state index contributed by atoms with van der Waals surface area (Å²) < 4.78 is 10.5. The Bertz CT molecular complexity index is 753. The quantitative estimate of drug-likeness (QED) is 0.641. The van der Waals surface area contributed by atoms with Crippen LogP contribution in [0.2, 0.25) is 5.02 Å². The predicted molar refractivity (Wildman–Crippen MR) is 115 cm³/mol. The number of likely N-dealkylation sites (N-methyl/N-ethyl adjacent to an activating group) is 1. The van der Waals surface area contributed by atoms with Crippen molar-refractivity contribution in [2.45, 2.75) is 51.5 Å². The fourth-order valence-corrected chi connectivity index (χ4v) is 4.14. The van der Waals surface area contributed by atoms with Crippen LogP contribution in [0.5, 0.6) is 11.5 Å². The van der Waals surface area contributed by atoms with E-state index in [1.807, 2.05) is 13.8 Å². The molecule has 0 aliphatic heterocycles. The number of ether oxygens (including phenoxy) is 2. The van der Waals surface area contributed by atoms with Crippen molar-refractivity contribution in [3.8, 4) is 11.5 Å². The van der Waals surface area contributed by atoms with Gasteiger partial charge in [0.05, 0.1) is 19.2 Å². The average molecular weight is 423 g/mol. The number of amides is 2. The van der Waals surface area contributed by atoms with Gasteiger partial charge in [0.15, 0.2) is 11.5 Å². The summed E-state index contributed by atoms with van der Waals surface area (Å²) in [6.07, 6.45) is 7.38. The van der Waals surface area contributed by atoms with Gasteiger partial charge in [-0.05, 0) is 50.5 Å². The van der Waals surface area contributed by atoms with Crippen molar-refractivity contribution in [2.24, 2.45) is 0 Å². The van der Waals surface area contributed by atoms with E-state index in [2.05, 4.69) is 5.32 Å². The lowest BCUT2D eigenvalue weighted by Crippen LogP contribution is -2.60. The molecule has 2 rings (SSSR count). The van der Waals surface area contributed by atoms with Gasteiger partial charge in [-0.25, -0.2) is 0 Å². The van der Waals surface area contributed by atoms with E-state index < -0.39 is 5.54 Å². The molecule has 1 aromatic carbocycles. The molecule has 6 nitrogen and oxygen atoms in total. The fraction of sp³-hybridized carbons (Fsp3) is 0.545. The van der Waals surface area contributed by atoms with E-state index in [1.165, 1.54) is 20.3 Å². The number of hydrogen-bond donors (Lipinski definition) is 1. The maximum atomic E-state index is 13.1. The Balaban J connectivity index is 2.20. The van der Waals surface area contributed by atoms with Crippen LogP contribution in [0.3, 0.4) is 0 Å². The number of rotatable bonds is 8. The fourth-order valence-electron chi connectivity index (χ4n) is 3.84. The van der Waals surface area contributed by atoms with E-state index in [4.69, 9.17) is 21.1 Å². The number of carbonyl (C=O) groups excluding carboxylic acids is 2. The Hall–Kier alpha value is -2.21. The van der Waals surface area contributed by atoms with Crippen LogP contribution in [0, 0.1) is 0 Å². The van der Waals surface area contributed by atoms with E-state index >= 15 is 0 Å². The second-order valence-corrected chi connectivity index (χ2v) is 7.59. The molecule has 1 aromatic rings. The van der Waals surface area contributed by atoms with Crippen LogP contribution in [0.4, 0.5) is 0 Å². The number of carbonyl (C=O) groups is 2. The summed E-state index contributed by atoms with van der Waals surface area (Å²) in [5, 5.41) is 3.41. The molecule has 2 amide bonds. The van der Waals surface area contributed by atoms with Crippen LogP contribution in [0.25, 0.3) is 6.08 Å². The SMILES string of the molecule is CCN(CC)C(=O)C1(NC(=O)/C=C/c2cc(Cl)c(OC)c(OC)c2)CCCCC1. The molecule has 7 heteroatoms. The summed E-state index contributed by atoms with van der Waals surface area (Å²) in [5.74, 6) is 0.652. The normalized spacial score (nSPS) is 15.8. The molecule has 0 aromatic heterocycles. The summed E-state index contributed by atoms with van der Waals surface area (Å²) >= 11 is 6.23. The van der Waals surface area contributed by atoms with Crippen LogP contribution < -0.4 is 14.8 Å². The van der Waals surface area contributed by atoms with Crippen molar-refractivity contribution in [1.29, 1.82) is 0 Å². The highest BCUT2D eigenvalue weighted by atomic mass is 35.5. The molecule has 1 fully saturated rings. The third kappa shape index (κ3) is 5.44. The van der Waals surface area contributed by atoms with Gasteiger partial charge in [0.1, 0.15) is 5.54 Å². The summed E-state index contributed by atoms with van der Waals surface area (Å²) in [7, 11) is 3.04. The summed E-state index contributed by atoms with van der Waals surface area (Å²) in [5.41, 5.74) is -0.114. The van der Waals surface area contributed by atoms with Gasteiger partial charge in [0, 0.05) is 19.2 Å². The molecule has 0 bridgehead atoms. The van der Waals surface area contributed by atoms with E-state index in [0.717, 1.165) is 19.3 Å². The van der Waals surface area contributed by atoms with Gasteiger partial charge in [-0.15, -0.1) is 0 Å². The number of benzene rings is 1. The number of halogens is 1. The molecule has 0 unspecified atom stereocenters. The van der Waals surface area contributed by atoms with Crippen molar-refractivity contribution < 1.29 is 19.1 Å². The minimum atomic E-state index is -0.819. The lowest BCUT2D eigenvalue weighted by molar-refractivity contribution is -0.142. The van der Waals surface area contributed by atoms with Gasteiger partial charge in [0.25, 0.3) is 0 Å². The number of methoxy groups -OCH3 is 2. The molecular formula is C22H31ClN2O4. The molecule has 0 radical (unpaired) electrons. The van der Waals surface area contributed by atoms with Crippen LogP contribution in [-0.2, 0) is 9.59 Å². The Morgan fingerprint density at radius 3 is 2.34 bits per heavy atom. The largest absolute Gasteiger partial charge is 0.493 e. The first-order chi connectivity index (χ1) is 13.9. The maximum absolute atomic E-state index is 13.1. The zero-order valence-electron chi connectivity index (χ0n) is 17.7. The Morgan fingerprint density at radius 2 is 1.79 bits per heavy atom. The molecule has 29 heavy (non-hydrogen) atoms. The van der Waals surface area contributed by atoms with E-state index in [0.29, 0.717) is 48.0 Å². The van der Waals surface area contributed by atoms with Gasteiger partial charge in [0.2, 0.25) is 11.8 Å². The minimum absolute atomic E-state index is 0.0121. The van der Waals surface area contributed by atoms with Gasteiger partial charge in [-0.1, -0.05) is 30.9 Å². The Labute approximate surface area is 178 Å². The van der Waals surface area contributed by atoms with Crippen molar-refractivity contribution in [2.75, 3.05) is 27.3 Å². The molecule has 1 saturated carbocycles. The second kappa shape index (κ2) is 10.5. The molecular weight excluding hydrogens is 392 g/mol.